The molecule has 1 amide bonds. The van der Waals surface area contributed by atoms with Crippen LogP contribution < -0.4 is 0 Å². The largest absolute Gasteiger partial charge is 0.337 e. The van der Waals surface area contributed by atoms with Gasteiger partial charge in [0, 0.05) is 38.1 Å². The number of piperazine rings is 1. The molecule has 4 saturated carbocycles. The van der Waals surface area contributed by atoms with Crippen molar-refractivity contribution < 1.29 is 4.79 Å². The SMILES string of the molecule is O=C(CC12CC3CC(CC1C3)C2)N1CC2CC1CN2Cc1ccccc1. The average molecular weight is 351 g/mol. The first-order valence-corrected chi connectivity index (χ1v) is 10.8. The van der Waals surface area contributed by atoms with Crippen LogP contribution in [0.5, 0.6) is 0 Å². The molecule has 26 heavy (non-hydrogen) atoms. The van der Waals surface area contributed by atoms with Gasteiger partial charge in [-0.25, -0.2) is 0 Å². The Balaban J connectivity index is 1.11. The molecule has 0 N–H and O–H groups in total. The molecule has 3 heteroatoms. The summed E-state index contributed by atoms with van der Waals surface area (Å²) in [5, 5.41) is 0. The summed E-state index contributed by atoms with van der Waals surface area (Å²) in [5.74, 6) is 3.28. The van der Waals surface area contributed by atoms with E-state index in [-0.39, 0.29) is 0 Å². The number of benzene rings is 1. The number of hydrogen-bond donors (Lipinski definition) is 0. The summed E-state index contributed by atoms with van der Waals surface area (Å²) >= 11 is 0. The monoisotopic (exact) mass is 350 g/mol. The highest BCUT2D eigenvalue weighted by Gasteiger charge is 2.59. The zero-order valence-electron chi connectivity index (χ0n) is 15.6. The van der Waals surface area contributed by atoms with Crippen LogP contribution in [-0.4, -0.2) is 40.9 Å². The Bertz CT molecular complexity index is 702. The first-order valence-electron chi connectivity index (χ1n) is 10.8. The molecule has 4 aliphatic carbocycles. The van der Waals surface area contributed by atoms with Gasteiger partial charge in [0.2, 0.25) is 5.91 Å². The third-order valence-corrected chi connectivity index (χ3v) is 8.56. The lowest BCUT2D eigenvalue weighted by molar-refractivity contribution is -0.136. The smallest absolute Gasteiger partial charge is 0.223 e. The highest BCUT2D eigenvalue weighted by atomic mass is 16.2. The molecule has 4 unspecified atom stereocenters. The van der Waals surface area contributed by atoms with Gasteiger partial charge >= 0.3 is 0 Å². The molecule has 4 atom stereocenters. The molecule has 6 bridgehead atoms. The first-order chi connectivity index (χ1) is 12.7. The van der Waals surface area contributed by atoms with E-state index >= 15 is 0 Å². The quantitative estimate of drug-likeness (QED) is 0.827. The molecule has 0 aromatic heterocycles. The predicted octanol–water partition coefficient (Wildman–Crippen LogP) is 3.69. The van der Waals surface area contributed by atoms with Crippen molar-refractivity contribution >= 4 is 5.91 Å². The summed E-state index contributed by atoms with van der Waals surface area (Å²) < 4.78 is 0. The molecule has 7 rings (SSSR count). The molecular weight excluding hydrogens is 320 g/mol. The Morgan fingerprint density at radius 1 is 0.962 bits per heavy atom. The summed E-state index contributed by atoms with van der Waals surface area (Å²) in [6.45, 7) is 3.09. The molecule has 2 aliphatic heterocycles. The van der Waals surface area contributed by atoms with Crippen LogP contribution >= 0.6 is 0 Å². The molecule has 0 spiro atoms. The van der Waals surface area contributed by atoms with Crippen LogP contribution in [0.2, 0.25) is 0 Å². The van der Waals surface area contributed by atoms with Gasteiger partial charge in [0.1, 0.15) is 0 Å². The Morgan fingerprint density at radius 2 is 1.73 bits per heavy atom. The third-order valence-electron chi connectivity index (χ3n) is 8.56. The van der Waals surface area contributed by atoms with Crippen molar-refractivity contribution in [2.75, 3.05) is 13.1 Å². The van der Waals surface area contributed by atoms with E-state index in [4.69, 9.17) is 0 Å². The van der Waals surface area contributed by atoms with Crippen LogP contribution in [0.1, 0.15) is 50.5 Å². The highest BCUT2D eigenvalue weighted by Crippen LogP contribution is 2.66. The van der Waals surface area contributed by atoms with Gasteiger partial charge in [-0.1, -0.05) is 30.3 Å². The second kappa shape index (κ2) is 5.58. The minimum absolute atomic E-state index is 0.413. The molecule has 1 aromatic rings. The lowest BCUT2D eigenvalue weighted by Gasteiger charge is -2.38. The molecule has 6 fully saturated rings. The number of carbonyl (C=O) groups excluding carboxylic acids is 1. The van der Waals surface area contributed by atoms with Gasteiger partial charge < -0.3 is 4.90 Å². The second-order valence-electron chi connectivity index (χ2n) is 10.1. The van der Waals surface area contributed by atoms with Crippen molar-refractivity contribution in [3.63, 3.8) is 0 Å². The van der Waals surface area contributed by atoms with E-state index in [2.05, 4.69) is 40.1 Å². The molecule has 0 radical (unpaired) electrons. The fourth-order valence-electron chi connectivity index (χ4n) is 7.72. The van der Waals surface area contributed by atoms with Gasteiger partial charge in [0.15, 0.2) is 0 Å². The van der Waals surface area contributed by atoms with Crippen molar-refractivity contribution in [3.05, 3.63) is 35.9 Å². The van der Waals surface area contributed by atoms with E-state index in [1.807, 2.05) is 0 Å². The maximum Gasteiger partial charge on any atom is 0.223 e. The van der Waals surface area contributed by atoms with Crippen LogP contribution in [0.3, 0.4) is 0 Å². The maximum absolute atomic E-state index is 13.2. The van der Waals surface area contributed by atoms with E-state index in [1.54, 1.807) is 0 Å². The average Bonchev–Trinajstić information content (AvgIpc) is 3.33. The topological polar surface area (TPSA) is 23.6 Å². The number of amides is 1. The minimum atomic E-state index is 0.413. The highest BCUT2D eigenvalue weighted by molar-refractivity contribution is 5.78. The fourth-order valence-corrected chi connectivity index (χ4v) is 7.72. The summed E-state index contributed by atoms with van der Waals surface area (Å²) in [5.41, 5.74) is 1.81. The zero-order valence-corrected chi connectivity index (χ0v) is 15.6. The van der Waals surface area contributed by atoms with Gasteiger partial charge in [-0.05, 0) is 67.3 Å². The number of nitrogens with zero attached hydrogens (tertiary/aromatic N) is 2. The Labute approximate surface area is 156 Å². The lowest BCUT2D eigenvalue weighted by Crippen LogP contribution is -2.49. The number of carbonyl (C=O) groups is 1. The third kappa shape index (κ3) is 2.32. The van der Waals surface area contributed by atoms with Crippen molar-refractivity contribution in [3.8, 4) is 0 Å². The van der Waals surface area contributed by atoms with Gasteiger partial charge in [0.25, 0.3) is 0 Å². The Hall–Kier alpha value is -1.35. The maximum atomic E-state index is 13.2. The molecule has 3 nitrogen and oxygen atoms in total. The zero-order chi connectivity index (χ0) is 17.3. The number of hydrogen-bond acceptors (Lipinski definition) is 2. The van der Waals surface area contributed by atoms with Gasteiger partial charge in [-0.2, -0.15) is 0 Å². The Morgan fingerprint density at radius 3 is 2.42 bits per heavy atom. The summed E-state index contributed by atoms with van der Waals surface area (Å²) in [4.78, 5) is 18.1. The number of rotatable bonds is 4. The molecule has 2 saturated heterocycles. The van der Waals surface area contributed by atoms with Crippen molar-refractivity contribution in [1.29, 1.82) is 0 Å². The minimum Gasteiger partial charge on any atom is -0.337 e. The van der Waals surface area contributed by atoms with Gasteiger partial charge in [0.05, 0.1) is 0 Å². The molecule has 2 heterocycles. The molecule has 138 valence electrons. The summed E-state index contributed by atoms with van der Waals surface area (Å²) in [7, 11) is 0. The van der Waals surface area contributed by atoms with Crippen LogP contribution in [0.15, 0.2) is 30.3 Å². The van der Waals surface area contributed by atoms with E-state index in [1.165, 1.54) is 44.1 Å². The van der Waals surface area contributed by atoms with Crippen LogP contribution in [-0.2, 0) is 11.3 Å². The second-order valence-corrected chi connectivity index (χ2v) is 10.1. The van der Waals surface area contributed by atoms with E-state index in [0.717, 1.165) is 43.8 Å². The van der Waals surface area contributed by atoms with Crippen LogP contribution in [0.4, 0.5) is 0 Å². The van der Waals surface area contributed by atoms with Crippen molar-refractivity contribution in [2.24, 2.45) is 23.2 Å². The summed E-state index contributed by atoms with van der Waals surface area (Å²) in [6, 6.07) is 11.8. The Kier molecular flexibility index (Phi) is 3.36. The fraction of sp³-hybridized carbons (Fsp3) is 0.696. The number of fused-ring (bicyclic) bond motifs is 2. The molecule has 6 aliphatic rings. The molecular formula is C23H30N2O. The summed E-state index contributed by atoms with van der Waals surface area (Å²) in [6.07, 6.45) is 9.12. The predicted molar refractivity (Wildman–Crippen MR) is 101 cm³/mol. The molecule has 1 aromatic carbocycles. The van der Waals surface area contributed by atoms with E-state index in [9.17, 15) is 4.79 Å². The first kappa shape index (κ1) is 15.7. The standard InChI is InChI=1S/C23H30N2O/c26-22(12-23-10-17-6-18(11-23)8-19(23)7-17)25-15-20-9-21(25)14-24(20)13-16-4-2-1-3-5-16/h1-5,17-21H,6-15H2. The van der Waals surface area contributed by atoms with Crippen molar-refractivity contribution in [2.45, 2.75) is 63.6 Å². The van der Waals surface area contributed by atoms with E-state index < -0.39 is 0 Å². The van der Waals surface area contributed by atoms with E-state index in [0.29, 0.717) is 23.4 Å². The number of likely N-dealkylation sites (tertiary alicyclic amines) is 2. The van der Waals surface area contributed by atoms with Gasteiger partial charge in [-0.15, -0.1) is 0 Å². The van der Waals surface area contributed by atoms with Crippen LogP contribution in [0, 0.1) is 23.2 Å². The lowest BCUT2D eigenvalue weighted by atomic mass is 9.73. The van der Waals surface area contributed by atoms with Crippen LogP contribution in [0.25, 0.3) is 0 Å². The normalized spacial score (nSPS) is 42.9. The van der Waals surface area contributed by atoms with Crippen molar-refractivity contribution in [1.82, 2.24) is 9.80 Å². The van der Waals surface area contributed by atoms with Gasteiger partial charge in [-0.3, -0.25) is 9.69 Å².